The average Bonchev–Trinajstić information content (AvgIpc) is 2.77. The Kier molecular flexibility index (Phi) is 16.3. The van der Waals surface area contributed by atoms with E-state index in [9.17, 15) is 0 Å². The molecule has 6 heteroatoms. The first-order valence-corrected chi connectivity index (χ1v) is 12.2. The molecule has 31 heavy (non-hydrogen) atoms. The van der Waals surface area contributed by atoms with Gasteiger partial charge in [-0.15, -0.1) is 0 Å². The first-order valence-electron chi connectivity index (χ1n) is 9.17. The minimum atomic E-state index is -0.409. The fourth-order valence-electron chi connectivity index (χ4n) is 3.20. The Morgan fingerprint density at radius 3 is 0.742 bits per heavy atom. The van der Waals surface area contributed by atoms with Gasteiger partial charge in [0.15, 0.2) is 0 Å². The fraction of sp³-hybridized carbons (Fsp3) is 0.0400. The molecule has 2 radical (unpaired) electrons. The van der Waals surface area contributed by atoms with Crippen molar-refractivity contribution in [3.63, 3.8) is 0 Å². The van der Waals surface area contributed by atoms with Gasteiger partial charge in [0.05, 0.1) is 0 Å². The monoisotopic (exact) mass is 848 g/mol. The van der Waals surface area contributed by atoms with Crippen LogP contribution in [0.25, 0.3) is 0 Å². The van der Waals surface area contributed by atoms with Gasteiger partial charge in [0.2, 0.25) is 0 Å². The van der Waals surface area contributed by atoms with E-state index < -0.39 is 15.8 Å². The van der Waals surface area contributed by atoms with E-state index in [1.807, 2.05) is 0 Å². The summed E-state index contributed by atoms with van der Waals surface area (Å²) in [5.41, 5.74) is 0. The largest absolute Gasteiger partial charge is 1.00 e. The van der Waals surface area contributed by atoms with Crippen molar-refractivity contribution in [2.45, 2.75) is 0 Å². The summed E-state index contributed by atoms with van der Waals surface area (Å²) < 4.78 is 0. The topological polar surface area (TPSA) is 0 Å². The van der Waals surface area contributed by atoms with Crippen LogP contribution in [0.4, 0.5) is 0 Å². The minimum absolute atomic E-state index is 0. The summed E-state index contributed by atoms with van der Waals surface area (Å²) >= 11 is 0. The van der Waals surface area contributed by atoms with Gasteiger partial charge in [-0.05, 0) is 37.1 Å². The molecule has 0 aromatic heterocycles. The molecule has 4 aromatic carbocycles. The zero-order valence-electron chi connectivity index (χ0n) is 16.5. The Hall–Kier alpha value is -0.199. The van der Waals surface area contributed by atoms with Crippen LogP contribution >= 0.6 is 15.8 Å². The summed E-state index contributed by atoms with van der Waals surface area (Å²) in [5.74, 6) is 1.17. The number of benzene rings is 4. The third kappa shape index (κ3) is 8.58. The Morgan fingerprint density at radius 1 is 0.355 bits per heavy atom. The zero-order valence-corrected chi connectivity index (χ0v) is 24.1. The molecule has 0 N–H and O–H groups in total. The van der Waals surface area contributed by atoms with E-state index in [1.165, 1.54) is 27.1 Å². The van der Waals surface area contributed by atoms with E-state index in [4.69, 9.17) is 0 Å². The van der Waals surface area contributed by atoms with Crippen molar-refractivity contribution < 1.29 is 69.6 Å². The van der Waals surface area contributed by atoms with Crippen LogP contribution < -0.4 is 46.0 Å². The second-order valence-electron chi connectivity index (χ2n) is 6.34. The number of halogens is 2. The third-order valence-corrected chi connectivity index (χ3v) is 10.5. The second kappa shape index (κ2) is 16.4. The van der Waals surface area contributed by atoms with Crippen LogP contribution in [0, 0.1) is 0 Å². The summed E-state index contributed by atoms with van der Waals surface area (Å²) in [5, 5.41) is 5.83. The smallest absolute Gasteiger partial charge is 0.00405 e. The number of rotatable bonds is 6. The minimum Gasteiger partial charge on any atom is -1.00 e. The van der Waals surface area contributed by atoms with Gasteiger partial charge in [-0.25, -0.2) is 0 Å². The van der Waals surface area contributed by atoms with Crippen LogP contribution in [-0.2, 0) is 44.8 Å². The van der Waals surface area contributed by atoms with Gasteiger partial charge in [-0.3, -0.25) is 0 Å². The normalized spacial score (nSPS) is 9.61. The molecule has 0 bridgehead atoms. The van der Waals surface area contributed by atoms with Crippen molar-refractivity contribution in [3.8, 4) is 0 Å². The standard InChI is InChI=1S/C25H22P2.2Au.2ClH/c1-5-13-22(14-6-1)26(23-15-7-2-8-16-23)21-27(24-17-9-3-10-18-24)25-19-11-4-12-20-25;;;;/h1-20H,21H2;;;2*1H/p-2. The Morgan fingerprint density at radius 2 is 0.548 bits per heavy atom. The first-order chi connectivity index (χ1) is 13.4. The molecule has 0 unspecified atom stereocenters. The van der Waals surface area contributed by atoms with E-state index >= 15 is 0 Å². The number of hydrogen-bond acceptors (Lipinski definition) is 0. The van der Waals surface area contributed by atoms with Crippen LogP contribution in [0.2, 0.25) is 0 Å². The molecular formula is C25H22Au2Cl2P2-2. The summed E-state index contributed by atoms with van der Waals surface area (Å²) in [6.45, 7) is 0. The van der Waals surface area contributed by atoms with Crippen LogP contribution in [0.5, 0.6) is 0 Å². The zero-order chi connectivity index (χ0) is 18.3. The van der Waals surface area contributed by atoms with Gasteiger partial charge in [0.25, 0.3) is 0 Å². The summed E-state index contributed by atoms with van der Waals surface area (Å²) in [4.78, 5) is 0. The Bertz CT molecular complexity index is 800. The second-order valence-corrected chi connectivity index (χ2v) is 11.2. The van der Waals surface area contributed by atoms with Gasteiger partial charge < -0.3 is 24.8 Å². The molecule has 0 heterocycles. The maximum absolute atomic E-state index is 2.29. The van der Waals surface area contributed by atoms with Crippen molar-refractivity contribution in [3.05, 3.63) is 121 Å². The van der Waals surface area contributed by atoms with Crippen molar-refractivity contribution in [2.24, 2.45) is 0 Å². The van der Waals surface area contributed by atoms with Crippen molar-refractivity contribution in [1.82, 2.24) is 0 Å². The molecule has 0 saturated heterocycles. The van der Waals surface area contributed by atoms with Crippen LogP contribution in [0.3, 0.4) is 0 Å². The van der Waals surface area contributed by atoms with E-state index in [2.05, 4.69) is 121 Å². The third-order valence-electron chi connectivity index (χ3n) is 4.55. The predicted molar refractivity (Wildman–Crippen MR) is 123 cm³/mol. The molecule has 0 spiro atoms. The van der Waals surface area contributed by atoms with Gasteiger partial charge in [0.1, 0.15) is 0 Å². The molecule has 170 valence electrons. The fourth-order valence-corrected chi connectivity index (χ4v) is 9.67. The van der Waals surface area contributed by atoms with E-state index in [-0.39, 0.29) is 69.6 Å². The first kappa shape index (κ1) is 30.8. The summed E-state index contributed by atoms with van der Waals surface area (Å²) in [7, 11) is -0.817. The molecule has 0 fully saturated rings. The molecule has 0 saturated carbocycles. The van der Waals surface area contributed by atoms with Gasteiger partial charge in [0, 0.05) is 50.7 Å². The van der Waals surface area contributed by atoms with E-state index in [0.717, 1.165) is 0 Å². The van der Waals surface area contributed by atoms with Crippen LogP contribution in [0.15, 0.2) is 121 Å². The molecule has 0 nitrogen and oxygen atoms in total. The van der Waals surface area contributed by atoms with Gasteiger partial charge in [-0.2, -0.15) is 0 Å². The molecule has 0 atom stereocenters. The summed E-state index contributed by atoms with van der Waals surface area (Å²) in [6, 6.07) is 44.1. The predicted octanol–water partition coefficient (Wildman–Crippen LogP) is -0.787. The average molecular weight is 849 g/mol. The van der Waals surface area contributed by atoms with Gasteiger partial charge >= 0.3 is 0 Å². The summed E-state index contributed by atoms with van der Waals surface area (Å²) in [6.07, 6.45) is 0. The maximum Gasteiger partial charge on any atom is 0.00405 e. The number of hydrogen-bond donors (Lipinski definition) is 0. The molecule has 0 aliphatic rings. The molecule has 0 aliphatic carbocycles. The molecule has 4 rings (SSSR count). The van der Waals surface area contributed by atoms with E-state index in [0.29, 0.717) is 0 Å². The Labute approximate surface area is 232 Å². The van der Waals surface area contributed by atoms with Gasteiger partial charge in [-0.1, -0.05) is 121 Å². The quantitative estimate of drug-likeness (QED) is 0.177. The van der Waals surface area contributed by atoms with Crippen molar-refractivity contribution >= 4 is 37.1 Å². The Balaban J connectivity index is 0.00000225. The van der Waals surface area contributed by atoms with Crippen LogP contribution in [-0.4, -0.2) is 5.90 Å². The van der Waals surface area contributed by atoms with Crippen molar-refractivity contribution in [1.29, 1.82) is 0 Å². The molecule has 4 aromatic rings. The van der Waals surface area contributed by atoms with E-state index in [1.54, 1.807) is 0 Å². The molecule has 0 aliphatic heterocycles. The molecular weight excluding hydrogens is 827 g/mol. The molecule has 0 amide bonds. The van der Waals surface area contributed by atoms with Crippen LogP contribution in [0.1, 0.15) is 0 Å². The van der Waals surface area contributed by atoms with Crippen molar-refractivity contribution in [2.75, 3.05) is 5.90 Å². The SMILES string of the molecule is [Au].[Au].[Cl-].[Cl-].c1ccc(P(CP(c2ccccc2)c2ccccc2)c2ccccc2)cc1. The maximum atomic E-state index is 2.29.